The van der Waals surface area contributed by atoms with Crippen LogP contribution >= 0.6 is 10.7 Å². The lowest BCUT2D eigenvalue weighted by Gasteiger charge is -2.06. The number of amides is 1. The Morgan fingerprint density at radius 3 is 2.69 bits per heavy atom. The van der Waals surface area contributed by atoms with E-state index in [-0.39, 0.29) is 16.3 Å². The Balaban J connectivity index is 3.40. The maximum absolute atomic E-state index is 11.1. The molecular weight excluding hydrogens is 254 g/mol. The van der Waals surface area contributed by atoms with Gasteiger partial charge in [0.2, 0.25) is 5.91 Å². The van der Waals surface area contributed by atoms with Gasteiger partial charge >= 0.3 is 0 Å². The number of nitrogens with zero attached hydrogens (tertiary/aromatic N) is 2. The van der Waals surface area contributed by atoms with Crippen LogP contribution in [0.25, 0.3) is 0 Å². The van der Waals surface area contributed by atoms with Gasteiger partial charge in [-0.2, -0.15) is 5.26 Å². The van der Waals surface area contributed by atoms with E-state index in [2.05, 4.69) is 10.3 Å². The van der Waals surface area contributed by atoms with E-state index in [1.54, 1.807) is 6.07 Å². The summed E-state index contributed by atoms with van der Waals surface area (Å²) in [5, 5.41) is 10.8. The van der Waals surface area contributed by atoms with Gasteiger partial charge in [0, 0.05) is 17.6 Å². The first-order valence-electron chi connectivity index (χ1n) is 3.97. The predicted molar refractivity (Wildman–Crippen MR) is 56.3 cm³/mol. The Morgan fingerprint density at radius 2 is 2.25 bits per heavy atom. The van der Waals surface area contributed by atoms with E-state index in [1.165, 1.54) is 6.92 Å². The third-order valence-corrected chi connectivity index (χ3v) is 2.90. The lowest BCUT2D eigenvalue weighted by Crippen LogP contribution is -2.10. The van der Waals surface area contributed by atoms with Crippen molar-refractivity contribution in [1.29, 1.82) is 5.26 Å². The zero-order valence-corrected chi connectivity index (χ0v) is 9.63. The van der Waals surface area contributed by atoms with Crippen molar-refractivity contribution in [3.05, 3.63) is 18.0 Å². The molecule has 16 heavy (non-hydrogen) atoms. The quantitative estimate of drug-likeness (QED) is 0.793. The highest BCUT2D eigenvalue weighted by atomic mass is 35.7. The van der Waals surface area contributed by atoms with Gasteiger partial charge in [0.05, 0.1) is 11.9 Å². The Bertz CT molecular complexity index is 577. The van der Waals surface area contributed by atoms with Crippen molar-refractivity contribution in [3.63, 3.8) is 0 Å². The zero-order chi connectivity index (χ0) is 12.3. The van der Waals surface area contributed by atoms with Crippen LogP contribution in [0.2, 0.25) is 0 Å². The van der Waals surface area contributed by atoms with Crippen LogP contribution in [-0.4, -0.2) is 19.3 Å². The number of aromatic nitrogens is 1. The molecule has 0 unspecified atom stereocenters. The molecule has 8 heteroatoms. The van der Waals surface area contributed by atoms with Crippen LogP contribution in [0.4, 0.5) is 5.69 Å². The van der Waals surface area contributed by atoms with Crippen molar-refractivity contribution in [2.24, 2.45) is 0 Å². The first-order chi connectivity index (χ1) is 7.34. The van der Waals surface area contributed by atoms with E-state index in [1.807, 2.05) is 0 Å². The lowest BCUT2D eigenvalue weighted by atomic mass is 10.3. The SMILES string of the molecule is CC(=O)Nc1cc(C#N)ncc1S(=O)(=O)Cl. The molecule has 0 aliphatic heterocycles. The minimum atomic E-state index is -4.02. The highest BCUT2D eigenvalue weighted by Gasteiger charge is 2.17. The van der Waals surface area contributed by atoms with Gasteiger partial charge in [0.25, 0.3) is 9.05 Å². The molecule has 6 nitrogen and oxygen atoms in total. The van der Waals surface area contributed by atoms with Crippen LogP contribution in [0.5, 0.6) is 0 Å². The fourth-order valence-corrected chi connectivity index (χ4v) is 1.91. The summed E-state index contributed by atoms with van der Waals surface area (Å²) in [5.41, 5.74) is -0.0816. The maximum atomic E-state index is 11.1. The second kappa shape index (κ2) is 4.47. The number of carbonyl (C=O) groups is 1. The van der Waals surface area contributed by atoms with E-state index < -0.39 is 15.0 Å². The van der Waals surface area contributed by atoms with E-state index >= 15 is 0 Å². The molecule has 0 atom stereocenters. The van der Waals surface area contributed by atoms with Crippen LogP contribution < -0.4 is 5.32 Å². The highest BCUT2D eigenvalue weighted by Crippen LogP contribution is 2.24. The molecule has 1 rings (SSSR count). The molecule has 0 aliphatic rings. The average molecular weight is 260 g/mol. The van der Waals surface area contributed by atoms with Crippen molar-refractivity contribution in [1.82, 2.24) is 4.98 Å². The number of pyridine rings is 1. The Hall–Kier alpha value is -1.65. The molecule has 1 aromatic rings. The van der Waals surface area contributed by atoms with Crippen molar-refractivity contribution in [2.45, 2.75) is 11.8 Å². The number of nitrogens with one attached hydrogen (secondary N) is 1. The van der Waals surface area contributed by atoms with E-state index in [9.17, 15) is 13.2 Å². The average Bonchev–Trinajstić information content (AvgIpc) is 2.14. The Labute approximate surface area is 96.3 Å². The minimum Gasteiger partial charge on any atom is -0.325 e. The number of hydrogen-bond acceptors (Lipinski definition) is 5. The standard InChI is InChI=1S/C8H6ClN3O3S/c1-5(13)12-7-2-6(3-10)11-4-8(7)16(9,14)15/h2,4H,1H3,(H,11,12,13). The number of hydrogen-bond donors (Lipinski definition) is 1. The van der Waals surface area contributed by atoms with Crippen molar-refractivity contribution in [3.8, 4) is 6.07 Å². The monoisotopic (exact) mass is 259 g/mol. The Morgan fingerprint density at radius 1 is 1.62 bits per heavy atom. The summed E-state index contributed by atoms with van der Waals surface area (Å²) >= 11 is 0. The largest absolute Gasteiger partial charge is 0.325 e. The van der Waals surface area contributed by atoms with Gasteiger partial charge < -0.3 is 5.32 Å². The molecule has 0 radical (unpaired) electrons. The first-order valence-corrected chi connectivity index (χ1v) is 6.28. The molecule has 1 aromatic heterocycles. The third kappa shape index (κ3) is 2.92. The highest BCUT2D eigenvalue weighted by molar-refractivity contribution is 8.13. The van der Waals surface area contributed by atoms with Crippen molar-refractivity contribution < 1.29 is 13.2 Å². The summed E-state index contributed by atoms with van der Waals surface area (Å²) in [5.74, 6) is -0.475. The minimum absolute atomic E-state index is 0.0205. The number of nitriles is 1. The molecule has 0 spiro atoms. The molecule has 84 valence electrons. The fourth-order valence-electron chi connectivity index (χ4n) is 0.986. The van der Waals surface area contributed by atoms with Gasteiger partial charge in [-0.1, -0.05) is 0 Å². The van der Waals surface area contributed by atoms with Crippen LogP contribution in [0, 0.1) is 11.3 Å². The molecule has 0 aliphatic carbocycles. The fraction of sp³-hybridized carbons (Fsp3) is 0.125. The van der Waals surface area contributed by atoms with Crippen molar-refractivity contribution >= 4 is 31.3 Å². The number of rotatable bonds is 2. The molecule has 1 amide bonds. The summed E-state index contributed by atoms with van der Waals surface area (Å²) in [6.45, 7) is 1.21. The normalized spacial score (nSPS) is 10.6. The second-order valence-electron chi connectivity index (χ2n) is 2.80. The van der Waals surface area contributed by atoms with Gasteiger partial charge in [0.1, 0.15) is 16.7 Å². The summed E-state index contributed by atoms with van der Waals surface area (Å²) in [6, 6.07) is 2.85. The smallest absolute Gasteiger partial charge is 0.264 e. The van der Waals surface area contributed by atoms with Gasteiger partial charge in [0.15, 0.2) is 0 Å². The zero-order valence-electron chi connectivity index (χ0n) is 8.06. The lowest BCUT2D eigenvalue weighted by molar-refractivity contribution is -0.114. The number of anilines is 1. The topological polar surface area (TPSA) is 99.9 Å². The van der Waals surface area contributed by atoms with Gasteiger partial charge in [-0.15, -0.1) is 0 Å². The second-order valence-corrected chi connectivity index (χ2v) is 5.33. The molecule has 1 N–H and O–H groups in total. The van der Waals surface area contributed by atoms with E-state index in [4.69, 9.17) is 15.9 Å². The summed E-state index contributed by atoms with van der Waals surface area (Å²) < 4.78 is 22.3. The Kier molecular flexibility index (Phi) is 3.47. The summed E-state index contributed by atoms with van der Waals surface area (Å²) in [7, 11) is 1.12. The number of carbonyl (C=O) groups excluding carboxylic acids is 1. The molecular formula is C8H6ClN3O3S. The third-order valence-electron chi connectivity index (χ3n) is 1.56. The van der Waals surface area contributed by atoms with Crippen molar-refractivity contribution in [2.75, 3.05) is 5.32 Å². The molecule has 0 bridgehead atoms. The molecule has 0 saturated carbocycles. The molecule has 0 aromatic carbocycles. The summed E-state index contributed by atoms with van der Waals surface area (Å²) in [4.78, 5) is 14.1. The van der Waals surface area contributed by atoms with Gasteiger partial charge in [-0.25, -0.2) is 13.4 Å². The maximum Gasteiger partial charge on any atom is 0.264 e. The van der Waals surface area contributed by atoms with Crippen LogP contribution in [0.15, 0.2) is 17.2 Å². The number of halogens is 1. The first kappa shape index (κ1) is 12.4. The van der Waals surface area contributed by atoms with E-state index in [0.29, 0.717) is 0 Å². The van der Waals surface area contributed by atoms with Gasteiger partial charge in [-0.3, -0.25) is 4.79 Å². The predicted octanol–water partition coefficient (Wildman–Crippen LogP) is 0.839. The van der Waals surface area contributed by atoms with E-state index in [0.717, 1.165) is 12.3 Å². The summed E-state index contributed by atoms with van der Waals surface area (Å²) in [6.07, 6.45) is 0.923. The van der Waals surface area contributed by atoms with Crippen LogP contribution in [0.1, 0.15) is 12.6 Å². The molecule has 0 saturated heterocycles. The van der Waals surface area contributed by atoms with Gasteiger partial charge in [-0.05, 0) is 6.07 Å². The molecule has 1 heterocycles. The van der Waals surface area contributed by atoms with Crippen LogP contribution in [0.3, 0.4) is 0 Å². The molecule has 0 fully saturated rings. The van der Waals surface area contributed by atoms with Crippen LogP contribution in [-0.2, 0) is 13.8 Å².